The van der Waals surface area contributed by atoms with Crippen molar-refractivity contribution in [2.45, 2.75) is 71.6 Å². The van der Waals surface area contributed by atoms with E-state index < -0.39 is 0 Å². The normalized spacial score (nSPS) is 10.6. The highest BCUT2D eigenvalue weighted by atomic mass is 15.1. The first-order valence-electron chi connectivity index (χ1n) is 8.66. The van der Waals surface area contributed by atoms with E-state index in [2.05, 4.69) is 34.4 Å². The summed E-state index contributed by atoms with van der Waals surface area (Å²) >= 11 is 0. The van der Waals surface area contributed by atoms with E-state index in [-0.39, 0.29) is 0 Å². The first-order chi connectivity index (χ1) is 10.4. The third-order valence-electron chi connectivity index (χ3n) is 3.56. The Morgan fingerprint density at radius 3 is 1.90 bits per heavy atom. The lowest BCUT2D eigenvalue weighted by Gasteiger charge is -2.08. The monoisotopic (exact) mass is 292 g/mol. The number of nitrogens with one attached hydrogen (secondary N) is 2. The van der Waals surface area contributed by atoms with Crippen molar-refractivity contribution < 1.29 is 0 Å². The first kappa shape index (κ1) is 17.7. The van der Waals surface area contributed by atoms with Gasteiger partial charge in [0.05, 0.1) is 0 Å². The van der Waals surface area contributed by atoms with Gasteiger partial charge in [0.1, 0.15) is 18.0 Å². The zero-order valence-corrected chi connectivity index (χ0v) is 13.8. The molecule has 0 aliphatic carbocycles. The summed E-state index contributed by atoms with van der Waals surface area (Å²) in [6.07, 6.45) is 13.5. The molecule has 120 valence electrons. The molecule has 0 bridgehead atoms. The second kappa shape index (κ2) is 12.4. The summed E-state index contributed by atoms with van der Waals surface area (Å²) in [5.74, 6) is 1.83. The summed E-state index contributed by atoms with van der Waals surface area (Å²) in [6, 6.07) is 1.99. The summed E-state index contributed by atoms with van der Waals surface area (Å²) in [6.45, 7) is 6.37. The topological polar surface area (TPSA) is 49.8 Å². The summed E-state index contributed by atoms with van der Waals surface area (Å²) in [5, 5.41) is 6.66. The molecule has 1 aromatic heterocycles. The Labute approximate surface area is 130 Å². The quantitative estimate of drug-likeness (QED) is 0.510. The smallest absolute Gasteiger partial charge is 0.131 e. The van der Waals surface area contributed by atoms with E-state index >= 15 is 0 Å². The van der Waals surface area contributed by atoms with Gasteiger partial charge in [0.2, 0.25) is 0 Å². The van der Waals surface area contributed by atoms with E-state index in [1.165, 1.54) is 51.4 Å². The fourth-order valence-corrected chi connectivity index (χ4v) is 2.28. The molecule has 0 saturated carbocycles. The van der Waals surface area contributed by atoms with Crippen molar-refractivity contribution >= 4 is 11.6 Å². The standard InChI is InChI=1S/C17H32N4/c1-3-5-6-7-8-9-10-11-13-19-17-14-16(18-12-4-2)20-15-21-17/h14-15H,3-13H2,1-2H3,(H2,18,19,20,21). The van der Waals surface area contributed by atoms with E-state index in [9.17, 15) is 0 Å². The lowest BCUT2D eigenvalue weighted by molar-refractivity contribution is 0.581. The van der Waals surface area contributed by atoms with Gasteiger partial charge >= 0.3 is 0 Å². The molecular formula is C17H32N4. The van der Waals surface area contributed by atoms with Gasteiger partial charge in [0.25, 0.3) is 0 Å². The molecule has 0 atom stereocenters. The van der Waals surface area contributed by atoms with E-state index in [4.69, 9.17) is 0 Å². The highest BCUT2D eigenvalue weighted by Crippen LogP contribution is 2.10. The van der Waals surface area contributed by atoms with E-state index in [0.29, 0.717) is 0 Å². The number of nitrogens with zero attached hydrogens (tertiary/aromatic N) is 2. The maximum absolute atomic E-state index is 4.25. The first-order valence-corrected chi connectivity index (χ1v) is 8.66. The van der Waals surface area contributed by atoms with Gasteiger partial charge < -0.3 is 10.6 Å². The molecule has 21 heavy (non-hydrogen) atoms. The fraction of sp³-hybridized carbons (Fsp3) is 0.765. The minimum atomic E-state index is 0.908. The van der Waals surface area contributed by atoms with Gasteiger partial charge in [-0.15, -0.1) is 0 Å². The molecule has 0 saturated heterocycles. The molecule has 2 N–H and O–H groups in total. The lowest BCUT2D eigenvalue weighted by atomic mass is 10.1. The summed E-state index contributed by atoms with van der Waals surface area (Å²) in [7, 11) is 0. The number of unbranched alkanes of at least 4 members (excludes halogenated alkanes) is 7. The molecule has 0 unspecified atom stereocenters. The number of anilines is 2. The molecule has 0 aromatic carbocycles. The third kappa shape index (κ3) is 9.27. The minimum Gasteiger partial charge on any atom is -0.370 e. The highest BCUT2D eigenvalue weighted by Gasteiger charge is 1.97. The second-order valence-electron chi connectivity index (χ2n) is 5.62. The predicted octanol–water partition coefficient (Wildman–Crippen LogP) is 4.85. The van der Waals surface area contributed by atoms with Crippen molar-refractivity contribution in [1.29, 1.82) is 0 Å². The van der Waals surface area contributed by atoms with Crippen molar-refractivity contribution in [3.63, 3.8) is 0 Å². The molecule has 4 nitrogen and oxygen atoms in total. The predicted molar refractivity (Wildman–Crippen MR) is 91.9 cm³/mol. The van der Waals surface area contributed by atoms with Crippen LogP contribution in [0, 0.1) is 0 Å². The molecule has 0 fully saturated rings. The van der Waals surface area contributed by atoms with Crippen LogP contribution in [0.4, 0.5) is 11.6 Å². The van der Waals surface area contributed by atoms with Crippen molar-refractivity contribution in [3.8, 4) is 0 Å². The molecular weight excluding hydrogens is 260 g/mol. The van der Waals surface area contributed by atoms with Gasteiger partial charge in [-0.2, -0.15) is 0 Å². The lowest BCUT2D eigenvalue weighted by Crippen LogP contribution is -2.06. The second-order valence-corrected chi connectivity index (χ2v) is 5.62. The molecule has 0 amide bonds. The van der Waals surface area contributed by atoms with Gasteiger partial charge in [0, 0.05) is 19.2 Å². The van der Waals surface area contributed by atoms with E-state index in [0.717, 1.165) is 31.1 Å². The van der Waals surface area contributed by atoms with Gasteiger partial charge in [0.15, 0.2) is 0 Å². The zero-order chi connectivity index (χ0) is 15.2. The number of rotatable bonds is 13. The van der Waals surface area contributed by atoms with Crippen LogP contribution in [0.1, 0.15) is 71.6 Å². The fourth-order valence-electron chi connectivity index (χ4n) is 2.28. The van der Waals surface area contributed by atoms with Gasteiger partial charge in [-0.05, 0) is 12.8 Å². The molecule has 0 radical (unpaired) electrons. The number of aromatic nitrogens is 2. The van der Waals surface area contributed by atoms with Crippen LogP contribution < -0.4 is 10.6 Å². The van der Waals surface area contributed by atoms with Crippen molar-refractivity contribution in [1.82, 2.24) is 9.97 Å². The molecule has 1 rings (SSSR count). The van der Waals surface area contributed by atoms with E-state index in [1.54, 1.807) is 6.33 Å². The van der Waals surface area contributed by atoms with Crippen molar-refractivity contribution in [2.24, 2.45) is 0 Å². The maximum Gasteiger partial charge on any atom is 0.131 e. The summed E-state index contributed by atoms with van der Waals surface area (Å²) in [4.78, 5) is 8.46. The van der Waals surface area contributed by atoms with Crippen molar-refractivity contribution in [2.75, 3.05) is 23.7 Å². The molecule has 4 heteroatoms. The molecule has 0 spiro atoms. The van der Waals surface area contributed by atoms with Gasteiger partial charge in [-0.1, -0.05) is 58.8 Å². The third-order valence-corrected chi connectivity index (χ3v) is 3.56. The Kier molecular flexibility index (Phi) is 10.5. The van der Waals surface area contributed by atoms with Crippen LogP contribution in [0.25, 0.3) is 0 Å². The molecule has 1 heterocycles. The van der Waals surface area contributed by atoms with E-state index in [1.807, 2.05) is 6.07 Å². The van der Waals surface area contributed by atoms with Crippen LogP contribution in [0.5, 0.6) is 0 Å². The van der Waals surface area contributed by atoms with Crippen LogP contribution >= 0.6 is 0 Å². The average Bonchev–Trinajstić information content (AvgIpc) is 2.52. The van der Waals surface area contributed by atoms with Crippen LogP contribution in [-0.4, -0.2) is 23.1 Å². The largest absolute Gasteiger partial charge is 0.370 e. The van der Waals surface area contributed by atoms with Crippen molar-refractivity contribution in [3.05, 3.63) is 12.4 Å². The minimum absolute atomic E-state index is 0.908. The number of hydrogen-bond acceptors (Lipinski definition) is 4. The van der Waals surface area contributed by atoms with Gasteiger partial charge in [-0.3, -0.25) is 0 Å². The maximum atomic E-state index is 4.25. The van der Waals surface area contributed by atoms with Crippen LogP contribution in [0.2, 0.25) is 0 Å². The highest BCUT2D eigenvalue weighted by molar-refractivity contribution is 5.46. The Morgan fingerprint density at radius 1 is 0.714 bits per heavy atom. The van der Waals surface area contributed by atoms with Crippen LogP contribution in [0.15, 0.2) is 12.4 Å². The summed E-state index contributed by atoms with van der Waals surface area (Å²) < 4.78 is 0. The SMILES string of the molecule is CCCCCCCCCCNc1cc(NCCC)ncn1. The Balaban J connectivity index is 2.04. The van der Waals surface area contributed by atoms with Gasteiger partial charge in [-0.25, -0.2) is 9.97 Å². The molecule has 0 aliphatic rings. The van der Waals surface area contributed by atoms with Crippen LogP contribution in [-0.2, 0) is 0 Å². The molecule has 0 aliphatic heterocycles. The molecule has 1 aromatic rings. The van der Waals surface area contributed by atoms with Crippen LogP contribution in [0.3, 0.4) is 0 Å². The zero-order valence-electron chi connectivity index (χ0n) is 13.8. The average molecular weight is 292 g/mol. The number of hydrogen-bond donors (Lipinski definition) is 2. The Hall–Kier alpha value is -1.32. The summed E-state index contributed by atoms with van der Waals surface area (Å²) in [5.41, 5.74) is 0. The Bertz CT molecular complexity index is 354. The Morgan fingerprint density at radius 2 is 1.29 bits per heavy atom.